The fourth-order valence-electron chi connectivity index (χ4n) is 3.19. The van der Waals surface area contributed by atoms with E-state index in [2.05, 4.69) is 10.3 Å². The Morgan fingerprint density at radius 3 is 2.17 bits per heavy atom. The highest BCUT2D eigenvalue weighted by Crippen LogP contribution is 2.21. The number of urea groups is 1. The van der Waals surface area contributed by atoms with E-state index in [1.807, 2.05) is 60.7 Å². The van der Waals surface area contributed by atoms with Crippen LogP contribution in [-0.4, -0.2) is 35.1 Å². The molecular formula is C23H23N3O3. The number of likely N-dealkylation sites (tertiary alicyclic amines) is 1. The van der Waals surface area contributed by atoms with Crippen molar-refractivity contribution in [2.75, 3.05) is 18.4 Å². The lowest BCUT2D eigenvalue weighted by Crippen LogP contribution is -2.43. The molecule has 2 heterocycles. The van der Waals surface area contributed by atoms with Gasteiger partial charge in [-0.1, -0.05) is 36.4 Å². The van der Waals surface area contributed by atoms with Gasteiger partial charge in [0, 0.05) is 32.0 Å². The second kappa shape index (κ2) is 9.10. The Kier molecular flexibility index (Phi) is 5.90. The zero-order valence-electron chi connectivity index (χ0n) is 16.0. The van der Waals surface area contributed by atoms with Crippen LogP contribution in [0.25, 0.3) is 0 Å². The average Bonchev–Trinajstić information content (AvgIpc) is 2.77. The SMILES string of the molecule is O=C(Nc1ccc(Oc2ccccc2)nc1)N1CCC(Oc2ccccc2)CC1. The lowest BCUT2D eigenvalue weighted by molar-refractivity contribution is 0.115. The number of piperidine rings is 1. The zero-order valence-corrected chi connectivity index (χ0v) is 16.0. The van der Waals surface area contributed by atoms with Crippen molar-refractivity contribution in [2.45, 2.75) is 18.9 Å². The number of amides is 2. The topological polar surface area (TPSA) is 63.7 Å². The number of carbonyl (C=O) groups excluding carboxylic acids is 1. The maximum atomic E-state index is 12.5. The van der Waals surface area contributed by atoms with Gasteiger partial charge in [-0.2, -0.15) is 0 Å². The molecule has 1 saturated heterocycles. The molecular weight excluding hydrogens is 366 g/mol. The highest BCUT2D eigenvalue weighted by Gasteiger charge is 2.24. The molecule has 0 bridgehead atoms. The molecule has 0 spiro atoms. The van der Waals surface area contributed by atoms with E-state index in [9.17, 15) is 4.79 Å². The molecule has 1 aliphatic heterocycles. The van der Waals surface area contributed by atoms with Crippen molar-refractivity contribution in [3.63, 3.8) is 0 Å². The lowest BCUT2D eigenvalue weighted by Gasteiger charge is -2.32. The predicted octanol–water partition coefficient (Wildman–Crippen LogP) is 4.95. The van der Waals surface area contributed by atoms with Gasteiger partial charge in [-0.3, -0.25) is 0 Å². The molecule has 6 nitrogen and oxygen atoms in total. The summed E-state index contributed by atoms with van der Waals surface area (Å²) in [6, 6.07) is 22.7. The second-order valence-corrected chi connectivity index (χ2v) is 6.85. The van der Waals surface area contributed by atoms with Crippen LogP contribution in [0.3, 0.4) is 0 Å². The van der Waals surface area contributed by atoms with Gasteiger partial charge in [0.05, 0.1) is 11.9 Å². The summed E-state index contributed by atoms with van der Waals surface area (Å²) in [5, 5.41) is 2.90. The van der Waals surface area contributed by atoms with Crippen molar-refractivity contribution in [1.82, 2.24) is 9.88 Å². The van der Waals surface area contributed by atoms with Gasteiger partial charge in [-0.25, -0.2) is 9.78 Å². The van der Waals surface area contributed by atoms with Crippen molar-refractivity contribution in [3.05, 3.63) is 79.0 Å². The highest BCUT2D eigenvalue weighted by atomic mass is 16.5. The van der Waals surface area contributed by atoms with Crippen molar-refractivity contribution in [2.24, 2.45) is 0 Å². The van der Waals surface area contributed by atoms with Crippen LogP contribution in [0.5, 0.6) is 17.4 Å². The molecule has 2 amide bonds. The third kappa shape index (κ3) is 5.25. The number of nitrogens with one attached hydrogen (secondary N) is 1. The van der Waals surface area contributed by atoms with Gasteiger partial charge < -0.3 is 19.7 Å². The molecule has 0 radical (unpaired) electrons. The maximum absolute atomic E-state index is 12.5. The molecule has 2 aromatic carbocycles. The van der Waals surface area contributed by atoms with Crippen LogP contribution in [0.15, 0.2) is 79.0 Å². The smallest absolute Gasteiger partial charge is 0.321 e. The van der Waals surface area contributed by atoms with Gasteiger partial charge >= 0.3 is 6.03 Å². The minimum absolute atomic E-state index is 0.123. The number of rotatable bonds is 5. The summed E-state index contributed by atoms with van der Waals surface area (Å²) in [4.78, 5) is 18.6. The summed E-state index contributed by atoms with van der Waals surface area (Å²) in [7, 11) is 0. The third-order valence-corrected chi connectivity index (χ3v) is 4.73. The first kappa shape index (κ1) is 18.8. The first-order chi connectivity index (χ1) is 14.3. The van der Waals surface area contributed by atoms with Crippen LogP contribution in [0.1, 0.15) is 12.8 Å². The normalized spacial score (nSPS) is 14.3. The molecule has 0 unspecified atom stereocenters. The number of ether oxygens (including phenoxy) is 2. The summed E-state index contributed by atoms with van der Waals surface area (Å²) in [6.07, 6.45) is 3.36. The monoisotopic (exact) mass is 389 g/mol. The Bertz CT molecular complexity index is 909. The Balaban J connectivity index is 1.25. The van der Waals surface area contributed by atoms with E-state index in [1.54, 1.807) is 23.2 Å². The van der Waals surface area contributed by atoms with E-state index < -0.39 is 0 Å². The summed E-state index contributed by atoms with van der Waals surface area (Å²) in [5.41, 5.74) is 0.637. The summed E-state index contributed by atoms with van der Waals surface area (Å²) in [5.74, 6) is 2.07. The van der Waals surface area contributed by atoms with Gasteiger partial charge in [0.15, 0.2) is 0 Å². The van der Waals surface area contributed by atoms with Crippen LogP contribution >= 0.6 is 0 Å². The van der Waals surface area contributed by atoms with Gasteiger partial charge in [0.25, 0.3) is 0 Å². The molecule has 0 aliphatic carbocycles. The van der Waals surface area contributed by atoms with Crippen molar-refractivity contribution < 1.29 is 14.3 Å². The molecule has 148 valence electrons. The molecule has 0 saturated carbocycles. The number of nitrogens with zero attached hydrogens (tertiary/aromatic N) is 2. The third-order valence-electron chi connectivity index (χ3n) is 4.73. The minimum atomic E-state index is -0.123. The number of carbonyl (C=O) groups is 1. The van der Waals surface area contributed by atoms with Crippen molar-refractivity contribution in [1.29, 1.82) is 0 Å². The Labute approximate surface area is 170 Å². The Morgan fingerprint density at radius 2 is 1.55 bits per heavy atom. The summed E-state index contributed by atoms with van der Waals surface area (Å²) >= 11 is 0. The lowest BCUT2D eigenvalue weighted by atomic mass is 10.1. The second-order valence-electron chi connectivity index (χ2n) is 6.85. The number of aromatic nitrogens is 1. The summed E-state index contributed by atoms with van der Waals surface area (Å²) < 4.78 is 11.6. The number of hydrogen-bond acceptors (Lipinski definition) is 4. The first-order valence-electron chi connectivity index (χ1n) is 9.73. The van der Waals surface area contributed by atoms with Gasteiger partial charge in [0.1, 0.15) is 17.6 Å². The number of anilines is 1. The molecule has 4 rings (SSSR count). The predicted molar refractivity (Wildman–Crippen MR) is 111 cm³/mol. The molecule has 29 heavy (non-hydrogen) atoms. The first-order valence-corrected chi connectivity index (χ1v) is 9.73. The Morgan fingerprint density at radius 1 is 0.897 bits per heavy atom. The van der Waals surface area contributed by atoms with E-state index in [0.29, 0.717) is 24.7 Å². The zero-order chi connectivity index (χ0) is 19.9. The van der Waals surface area contributed by atoms with E-state index in [-0.39, 0.29) is 12.1 Å². The van der Waals surface area contributed by atoms with E-state index in [4.69, 9.17) is 9.47 Å². The number of pyridine rings is 1. The van der Waals surface area contributed by atoms with Gasteiger partial charge in [0.2, 0.25) is 5.88 Å². The van der Waals surface area contributed by atoms with Crippen LogP contribution < -0.4 is 14.8 Å². The molecule has 0 atom stereocenters. The minimum Gasteiger partial charge on any atom is -0.490 e. The largest absolute Gasteiger partial charge is 0.490 e. The van der Waals surface area contributed by atoms with Crippen LogP contribution in [-0.2, 0) is 0 Å². The van der Waals surface area contributed by atoms with Crippen molar-refractivity contribution >= 4 is 11.7 Å². The van der Waals surface area contributed by atoms with Gasteiger partial charge in [-0.15, -0.1) is 0 Å². The molecule has 3 aromatic rings. The van der Waals surface area contributed by atoms with Gasteiger partial charge in [-0.05, 0) is 30.3 Å². The van der Waals surface area contributed by atoms with Crippen LogP contribution in [0.4, 0.5) is 10.5 Å². The maximum Gasteiger partial charge on any atom is 0.321 e. The molecule has 1 fully saturated rings. The molecule has 1 aromatic heterocycles. The van der Waals surface area contributed by atoms with Crippen LogP contribution in [0.2, 0.25) is 0 Å². The quantitative estimate of drug-likeness (QED) is 0.671. The number of hydrogen-bond donors (Lipinski definition) is 1. The fraction of sp³-hybridized carbons (Fsp3) is 0.217. The van der Waals surface area contributed by atoms with Crippen molar-refractivity contribution in [3.8, 4) is 17.4 Å². The highest BCUT2D eigenvalue weighted by molar-refractivity contribution is 5.89. The fourth-order valence-corrected chi connectivity index (χ4v) is 3.19. The van der Waals surface area contributed by atoms with E-state index in [1.165, 1.54) is 0 Å². The molecule has 1 aliphatic rings. The standard InChI is InChI=1S/C23H23N3O3/c27-23(26-15-13-21(14-16-26)28-19-7-3-1-4-8-19)25-18-11-12-22(24-17-18)29-20-9-5-2-6-10-20/h1-12,17,21H,13-16H2,(H,25,27). The number of benzene rings is 2. The average molecular weight is 389 g/mol. The molecule has 1 N–H and O–H groups in total. The summed E-state index contributed by atoms with van der Waals surface area (Å²) in [6.45, 7) is 1.32. The van der Waals surface area contributed by atoms with E-state index in [0.717, 1.165) is 24.3 Å². The van der Waals surface area contributed by atoms with E-state index >= 15 is 0 Å². The number of para-hydroxylation sites is 2. The Hall–Kier alpha value is -3.54. The molecule has 6 heteroatoms. The van der Waals surface area contributed by atoms with Crippen LogP contribution in [0, 0.1) is 0 Å².